The van der Waals surface area contributed by atoms with Crippen LogP contribution in [0.4, 0.5) is 0 Å². The summed E-state index contributed by atoms with van der Waals surface area (Å²) in [5.74, 6) is 0. The smallest absolute Gasteiger partial charge is 0.250 e. The minimum atomic E-state index is -3.37. The van der Waals surface area contributed by atoms with Crippen LogP contribution in [-0.2, 0) is 10.0 Å². The Morgan fingerprint density at radius 2 is 1.82 bits per heavy atom. The van der Waals surface area contributed by atoms with Crippen LogP contribution < -0.4 is 4.72 Å². The number of hydrogen-bond donors (Lipinski definition) is 1. The van der Waals surface area contributed by atoms with E-state index in [4.69, 9.17) is 0 Å². The first kappa shape index (κ1) is 16.4. The number of piperidine rings is 1. The molecule has 0 radical (unpaired) electrons. The van der Waals surface area contributed by atoms with Crippen molar-refractivity contribution in [2.45, 2.75) is 68.2 Å². The zero-order valence-corrected chi connectivity index (χ0v) is 14.9. The maximum atomic E-state index is 12.6. The summed E-state index contributed by atoms with van der Waals surface area (Å²) in [5.41, 5.74) is 0. The van der Waals surface area contributed by atoms with E-state index in [2.05, 4.69) is 9.62 Å². The first-order valence-corrected chi connectivity index (χ1v) is 10.7. The van der Waals surface area contributed by atoms with Crippen molar-refractivity contribution in [2.24, 2.45) is 0 Å². The average molecular weight is 343 g/mol. The summed E-state index contributed by atoms with van der Waals surface area (Å²) >= 11 is 1.36. The molecule has 2 aliphatic rings. The van der Waals surface area contributed by atoms with Gasteiger partial charge < -0.3 is 0 Å². The van der Waals surface area contributed by atoms with Crippen LogP contribution in [-0.4, -0.2) is 38.5 Å². The van der Waals surface area contributed by atoms with E-state index in [0.29, 0.717) is 10.3 Å². The number of thiophene rings is 1. The molecule has 3 rings (SSSR count). The fourth-order valence-electron chi connectivity index (χ4n) is 3.75. The van der Waals surface area contributed by atoms with Crippen molar-refractivity contribution in [3.8, 4) is 0 Å². The quantitative estimate of drug-likeness (QED) is 0.914. The molecule has 0 amide bonds. The Hall–Kier alpha value is -0.430. The average Bonchev–Trinajstić information content (AvgIpc) is 2.96. The number of nitrogens with zero attached hydrogens (tertiary/aromatic N) is 1. The first-order chi connectivity index (χ1) is 10.6. The van der Waals surface area contributed by atoms with E-state index in [1.807, 2.05) is 13.0 Å². The number of rotatable bonds is 4. The van der Waals surface area contributed by atoms with Crippen LogP contribution in [0.25, 0.3) is 0 Å². The van der Waals surface area contributed by atoms with Gasteiger partial charge in [-0.3, -0.25) is 4.90 Å². The van der Waals surface area contributed by atoms with Crippen molar-refractivity contribution >= 4 is 21.4 Å². The standard InChI is InChI=1S/C16H26N2O2S2/c1-13-9-10-16(21-13)22(19,20)17-14-7-3-4-8-15(14)18-11-5-2-6-12-18/h9-10,14-15,17H,2-8,11-12H2,1H3/t14-,15+/m1/s1. The van der Waals surface area contributed by atoms with E-state index in [1.165, 1.54) is 37.0 Å². The molecule has 6 heteroatoms. The molecular formula is C16H26N2O2S2. The molecule has 0 aromatic carbocycles. The molecule has 0 spiro atoms. The van der Waals surface area contributed by atoms with E-state index in [1.54, 1.807) is 6.07 Å². The SMILES string of the molecule is Cc1ccc(S(=O)(=O)N[C@@H]2CCCC[C@@H]2N2CCCCC2)s1. The number of hydrogen-bond acceptors (Lipinski definition) is 4. The topological polar surface area (TPSA) is 49.4 Å². The van der Waals surface area contributed by atoms with Crippen LogP contribution in [0.15, 0.2) is 16.3 Å². The third-order valence-corrected chi connectivity index (χ3v) is 7.86. The highest BCUT2D eigenvalue weighted by atomic mass is 32.2. The largest absolute Gasteiger partial charge is 0.299 e. The third kappa shape index (κ3) is 3.72. The van der Waals surface area contributed by atoms with Gasteiger partial charge in [-0.25, -0.2) is 13.1 Å². The van der Waals surface area contributed by atoms with Crippen LogP contribution in [0.1, 0.15) is 49.8 Å². The molecule has 1 saturated carbocycles. The number of aryl methyl sites for hydroxylation is 1. The van der Waals surface area contributed by atoms with Crippen LogP contribution >= 0.6 is 11.3 Å². The second-order valence-electron chi connectivity index (χ2n) is 6.54. The Kier molecular flexibility index (Phi) is 5.22. The molecule has 2 atom stereocenters. The van der Waals surface area contributed by atoms with Gasteiger partial charge in [-0.05, 0) is 57.8 Å². The van der Waals surface area contributed by atoms with Gasteiger partial charge in [0.1, 0.15) is 4.21 Å². The molecule has 0 unspecified atom stereocenters. The van der Waals surface area contributed by atoms with Gasteiger partial charge in [0.25, 0.3) is 0 Å². The van der Waals surface area contributed by atoms with Crippen LogP contribution in [0.2, 0.25) is 0 Å². The van der Waals surface area contributed by atoms with Gasteiger partial charge >= 0.3 is 0 Å². The summed E-state index contributed by atoms with van der Waals surface area (Å²) in [6.07, 6.45) is 8.24. The summed E-state index contributed by atoms with van der Waals surface area (Å²) in [6, 6.07) is 4.05. The second kappa shape index (κ2) is 6.99. The van der Waals surface area contributed by atoms with E-state index in [-0.39, 0.29) is 6.04 Å². The number of sulfonamides is 1. The van der Waals surface area contributed by atoms with Crippen molar-refractivity contribution in [3.63, 3.8) is 0 Å². The lowest BCUT2D eigenvalue weighted by molar-refractivity contribution is 0.109. The van der Waals surface area contributed by atoms with E-state index in [0.717, 1.165) is 37.2 Å². The van der Waals surface area contributed by atoms with Crippen molar-refractivity contribution < 1.29 is 8.42 Å². The first-order valence-electron chi connectivity index (χ1n) is 8.39. The normalized spacial score (nSPS) is 27.9. The Morgan fingerprint density at radius 3 is 2.50 bits per heavy atom. The predicted octanol–water partition coefficient (Wildman–Crippen LogP) is 3.13. The predicted molar refractivity (Wildman–Crippen MR) is 90.8 cm³/mol. The van der Waals surface area contributed by atoms with Crippen LogP contribution in [0, 0.1) is 6.92 Å². The summed E-state index contributed by atoms with van der Waals surface area (Å²) in [5, 5.41) is 0. The molecule has 124 valence electrons. The molecule has 2 fully saturated rings. The van der Waals surface area contributed by atoms with Crippen molar-refractivity contribution in [2.75, 3.05) is 13.1 Å². The van der Waals surface area contributed by atoms with Crippen molar-refractivity contribution in [3.05, 3.63) is 17.0 Å². The molecule has 1 aliphatic heterocycles. The summed E-state index contributed by atoms with van der Waals surface area (Å²) < 4.78 is 28.7. The van der Waals surface area contributed by atoms with Crippen LogP contribution in [0.5, 0.6) is 0 Å². The Bertz CT molecular complexity index is 591. The second-order valence-corrected chi connectivity index (χ2v) is 9.77. The van der Waals surface area contributed by atoms with Gasteiger partial charge in [0.05, 0.1) is 0 Å². The van der Waals surface area contributed by atoms with E-state index < -0.39 is 10.0 Å². The minimum Gasteiger partial charge on any atom is -0.299 e. The summed E-state index contributed by atoms with van der Waals surface area (Å²) in [6.45, 7) is 4.20. The highest BCUT2D eigenvalue weighted by molar-refractivity contribution is 7.91. The van der Waals surface area contributed by atoms with E-state index >= 15 is 0 Å². The van der Waals surface area contributed by atoms with E-state index in [9.17, 15) is 8.42 Å². The molecule has 0 bridgehead atoms. The number of likely N-dealkylation sites (tertiary alicyclic amines) is 1. The molecule has 1 N–H and O–H groups in total. The molecule has 2 heterocycles. The zero-order valence-electron chi connectivity index (χ0n) is 13.3. The fraction of sp³-hybridized carbons (Fsp3) is 0.750. The molecule has 1 saturated heterocycles. The highest BCUT2D eigenvalue weighted by Gasteiger charge is 2.34. The summed E-state index contributed by atoms with van der Waals surface area (Å²) in [4.78, 5) is 3.56. The lowest BCUT2D eigenvalue weighted by atomic mass is 9.89. The lowest BCUT2D eigenvalue weighted by Crippen LogP contribution is -2.54. The maximum Gasteiger partial charge on any atom is 0.250 e. The summed E-state index contributed by atoms with van der Waals surface area (Å²) in [7, 11) is -3.37. The lowest BCUT2D eigenvalue weighted by Gasteiger charge is -2.41. The van der Waals surface area contributed by atoms with Gasteiger partial charge in [0, 0.05) is 17.0 Å². The van der Waals surface area contributed by atoms with Gasteiger partial charge in [-0.15, -0.1) is 11.3 Å². The fourth-order valence-corrected chi connectivity index (χ4v) is 6.35. The minimum absolute atomic E-state index is 0.0688. The monoisotopic (exact) mass is 342 g/mol. The molecule has 1 aromatic heterocycles. The highest BCUT2D eigenvalue weighted by Crippen LogP contribution is 2.28. The maximum absolute atomic E-state index is 12.6. The molecular weight excluding hydrogens is 316 g/mol. The Morgan fingerprint density at radius 1 is 1.09 bits per heavy atom. The third-order valence-electron chi connectivity index (χ3n) is 4.88. The Balaban J connectivity index is 1.73. The van der Waals surface area contributed by atoms with Gasteiger partial charge in [-0.1, -0.05) is 19.3 Å². The molecule has 1 aliphatic carbocycles. The Labute approximate surface area is 138 Å². The van der Waals surface area contributed by atoms with Crippen LogP contribution in [0.3, 0.4) is 0 Å². The zero-order chi connectivity index (χ0) is 15.6. The van der Waals surface area contributed by atoms with Gasteiger partial charge in [-0.2, -0.15) is 0 Å². The number of nitrogens with one attached hydrogen (secondary N) is 1. The van der Waals surface area contributed by atoms with Crippen molar-refractivity contribution in [1.82, 2.24) is 9.62 Å². The molecule has 1 aromatic rings. The van der Waals surface area contributed by atoms with Gasteiger partial charge in [0.15, 0.2) is 0 Å². The molecule has 4 nitrogen and oxygen atoms in total. The molecule has 22 heavy (non-hydrogen) atoms. The van der Waals surface area contributed by atoms with Gasteiger partial charge in [0.2, 0.25) is 10.0 Å². The van der Waals surface area contributed by atoms with Crippen molar-refractivity contribution in [1.29, 1.82) is 0 Å².